The molecule has 1 fully saturated rings. The second-order valence-electron chi connectivity index (χ2n) is 9.32. The monoisotopic (exact) mass is 426 g/mol. The molecule has 0 unspecified atom stereocenters. The van der Waals surface area contributed by atoms with E-state index in [1.165, 1.54) is 19.3 Å². The Kier molecular flexibility index (Phi) is 6.89. The minimum atomic E-state index is -0.744. The van der Waals surface area contributed by atoms with E-state index in [-0.39, 0.29) is 11.7 Å². The number of benzene rings is 2. The lowest BCUT2D eigenvalue weighted by atomic mass is 9.76. The number of allylic oxidation sites excluding steroid dienone is 1. The van der Waals surface area contributed by atoms with Crippen molar-refractivity contribution in [3.05, 3.63) is 69.5 Å². The summed E-state index contributed by atoms with van der Waals surface area (Å²) in [5, 5.41) is 0. The molecule has 0 heterocycles. The van der Waals surface area contributed by atoms with E-state index in [0.717, 1.165) is 42.7 Å². The normalized spacial score (nSPS) is 21.0. The van der Waals surface area contributed by atoms with Crippen molar-refractivity contribution in [2.75, 3.05) is 0 Å². The first kappa shape index (κ1) is 22.2. The van der Waals surface area contributed by atoms with Crippen LogP contribution in [0, 0.1) is 23.4 Å². The highest BCUT2D eigenvalue weighted by molar-refractivity contribution is 5.85. The molecule has 0 aromatic heterocycles. The standard InChI is InChI=1S/C28H33F3/c1-3-5-6-18-7-9-20(10-8-18)23-15-16-25(28(31)27(23)30)22-13-14-24-21(17-22)12-11-19(4-2)26(24)29/h11-12,15-18,20H,3-10,13-14H2,1-2H3. The predicted octanol–water partition coefficient (Wildman–Crippen LogP) is 8.62. The Morgan fingerprint density at radius 1 is 0.839 bits per heavy atom. The summed E-state index contributed by atoms with van der Waals surface area (Å²) in [7, 11) is 0. The zero-order valence-electron chi connectivity index (χ0n) is 18.7. The summed E-state index contributed by atoms with van der Waals surface area (Å²) in [6.07, 6.45) is 11.4. The van der Waals surface area contributed by atoms with Crippen LogP contribution >= 0.6 is 0 Å². The fraction of sp³-hybridized carbons (Fsp3) is 0.500. The summed E-state index contributed by atoms with van der Waals surface area (Å²) >= 11 is 0. The quantitative estimate of drug-likeness (QED) is 0.434. The Bertz CT molecular complexity index is 965. The van der Waals surface area contributed by atoms with Crippen LogP contribution in [0.5, 0.6) is 0 Å². The molecule has 0 nitrogen and oxygen atoms in total. The van der Waals surface area contributed by atoms with E-state index in [0.29, 0.717) is 41.5 Å². The molecule has 0 spiro atoms. The number of hydrogen-bond acceptors (Lipinski definition) is 0. The van der Waals surface area contributed by atoms with Crippen LogP contribution in [-0.4, -0.2) is 0 Å². The van der Waals surface area contributed by atoms with Gasteiger partial charge in [0.2, 0.25) is 0 Å². The molecule has 0 amide bonds. The lowest BCUT2D eigenvalue weighted by Gasteiger charge is -2.29. The van der Waals surface area contributed by atoms with Gasteiger partial charge in [-0.15, -0.1) is 0 Å². The molecule has 0 atom stereocenters. The van der Waals surface area contributed by atoms with Gasteiger partial charge in [-0.25, -0.2) is 13.2 Å². The highest BCUT2D eigenvalue weighted by Gasteiger charge is 2.27. The molecule has 0 radical (unpaired) electrons. The summed E-state index contributed by atoms with van der Waals surface area (Å²) in [5.74, 6) is -0.722. The molecule has 0 aliphatic heterocycles. The molecule has 3 heteroatoms. The summed E-state index contributed by atoms with van der Waals surface area (Å²) in [4.78, 5) is 0. The number of aryl methyl sites for hydroxylation is 1. The van der Waals surface area contributed by atoms with Gasteiger partial charge in [-0.3, -0.25) is 0 Å². The Labute approximate surface area is 184 Å². The van der Waals surface area contributed by atoms with Crippen LogP contribution in [-0.2, 0) is 12.8 Å². The first-order valence-electron chi connectivity index (χ1n) is 12.0. The summed E-state index contributed by atoms with van der Waals surface area (Å²) in [5.41, 5.74) is 3.80. The molecule has 0 bridgehead atoms. The third-order valence-electron chi connectivity index (χ3n) is 7.43. The van der Waals surface area contributed by atoms with E-state index in [4.69, 9.17) is 0 Å². The van der Waals surface area contributed by atoms with Gasteiger partial charge in [0.05, 0.1) is 0 Å². The number of rotatable bonds is 6. The highest BCUT2D eigenvalue weighted by Crippen LogP contribution is 2.41. The third-order valence-corrected chi connectivity index (χ3v) is 7.43. The van der Waals surface area contributed by atoms with Crippen molar-refractivity contribution in [1.29, 1.82) is 0 Å². The zero-order chi connectivity index (χ0) is 22.0. The maximum absolute atomic E-state index is 15.1. The highest BCUT2D eigenvalue weighted by atomic mass is 19.2. The van der Waals surface area contributed by atoms with Gasteiger partial charge in [0.25, 0.3) is 0 Å². The van der Waals surface area contributed by atoms with E-state index < -0.39 is 11.6 Å². The molecule has 31 heavy (non-hydrogen) atoms. The number of fused-ring (bicyclic) bond motifs is 1. The fourth-order valence-corrected chi connectivity index (χ4v) is 5.46. The minimum Gasteiger partial charge on any atom is -0.206 e. The molecule has 0 N–H and O–H groups in total. The Hall–Kier alpha value is -2.03. The van der Waals surface area contributed by atoms with Crippen molar-refractivity contribution in [2.45, 2.75) is 84.0 Å². The molecule has 2 aromatic carbocycles. The van der Waals surface area contributed by atoms with Crippen LogP contribution < -0.4 is 0 Å². The van der Waals surface area contributed by atoms with Gasteiger partial charge >= 0.3 is 0 Å². The van der Waals surface area contributed by atoms with E-state index >= 15 is 8.78 Å². The van der Waals surface area contributed by atoms with Gasteiger partial charge in [-0.1, -0.05) is 63.5 Å². The van der Waals surface area contributed by atoms with Crippen LogP contribution in [0.1, 0.15) is 98.9 Å². The minimum absolute atomic E-state index is 0.115. The van der Waals surface area contributed by atoms with Crippen LogP contribution in [0.25, 0.3) is 11.6 Å². The maximum Gasteiger partial charge on any atom is 0.166 e. The van der Waals surface area contributed by atoms with Gasteiger partial charge in [0, 0.05) is 5.56 Å². The summed E-state index contributed by atoms with van der Waals surface area (Å²) in [6.45, 7) is 4.15. The SMILES string of the molecule is CCCCC1CCC(c2ccc(C3=Cc4ccc(CC)c(F)c4CC3)c(F)c2F)CC1. The van der Waals surface area contributed by atoms with Crippen LogP contribution in [0.3, 0.4) is 0 Å². The van der Waals surface area contributed by atoms with E-state index in [1.807, 2.05) is 19.1 Å². The molecule has 4 rings (SSSR count). The van der Waals surface area contributed by atoms with Crippen molar-refractivity contribution >= 4 is 11.6 Å². The summed E-state index contributed by atoms with van der Waals surface area (Å²) < 4.78 is 44.8. The van der Waals surface area contributed by atoms with E-state index in [2.05, 4.69) is 6.92 Å². The van der Waals surface area contributed by atoms with Gasteiger partial charge in [-0.05, 0) is 84.6 Å². The molecule has 166 valence electrons. The average molecular weight is 427 g/mol. The second-order valence-corrected chi connectivity index (χ2v) is 9.32. The third kappa shape index (κ3) is 4.47. The van der Waals surface area contributed by atoms with E-state index in [1.54, 1.807) is 18.2 Å². The maximum atomic E-state index is 15.1. The first-order valence-corrected chi connectivity index (χ1v) is 12.0. The van der Waals surface area contributed by atoms with Crippen LogP contribution in [0.15, 0.2) is 24.3 Å². The molecule has 2 aliphatic rings. The lowest BCUT2D eigenvalue weighted by Crippen LogP contribution is -2.15. The number of hydrogen-bond donors (Lipinski definition) is 0. The fourth-order valence-electron chi connectivity index (χ4n) is 5.46. The van der Waals surface area contributed by atoms with E-state index in [9.17, 15) is 4.39 Å². The van der Waals surface area contributed by atoms with Gasteiger partial charge in [0.1, 0.15) is 5.82 Å². The van der Waals surface area contributed by atoms with Crippen molar-refractivity contribution in [1.82, 2.24) is 0 Å². The van der Waals surface area contributed by atoms with Crippen molar-refractivity contribution in [3.63, 3.8) is 0 Å². The summed E-state index contributed by atoms with van der Waals surface area (Å²) in [6, 6.07) is 7.23. The largest absolute Gasteiger partial charge is 0.206 e. The van der Waals surface area contributed by atoms with Crippen LogP contribution in [0.4, 0.5) is 13.2 Å². The van der Waals surface area contributed by atoms with Crippen LogP contribution in [0.2, 0.25) is 0 Å². The molecule has 2 aliphatic carbocycles. The molecular formula is C28H33F3. The van der Waals surface area contributed by atoms with Gasteiger partial charge in [0.15, 0.2) is 11.6 Å². The smallest absolute Gasteiger partial charge is 0.166 e. The average Bonchev–Trinajstić information content (AvgIpc) is 2.80. The lowest BCUT2D eigenvalue weighted by molar-refractivity contribution is 0.299. The second kappa shape index (κ2) is 9.63. The van der Waals surface area contributed by atoms with Gasteiger partial charge in [-0.2, -0.15) is 0 Å². The number of unbranched alkanes of at least 4 members (excludes halogenated alkanes) is 1. The Morgan fingerprint density at radius 2 is 1.61 bits per heavy atom. The molecule has 2 aromatic rings. The van der Waals surface area contributed by atoms with Crippen molar-refractivity contribution in [3.8, 4) is 0 Å². The van der Waals surface area contributed by atoms with Crippen molar-refractivity contribution in [2.24, 2.45) is 5.92 Å². The zero-order valence-corrected chi connectivity index (χ0v) is 18.7. The Morgan fingerprint density at radius 3 is 2.32 bits per heavy atom. The molecule has 0 saturated heterocycles. The number of halogens is 3. The Balaban J connectivity index is 1.55. The predicted molar refractivity (Wildman–Crippen MR) is 123 cm³/mol. The first-order chi connectivity index (χ1) is 15.0. The van der Waals surface area contributed by atoms with Gasteiger partial charge < -0.3 is 0 Å². The van der Waals surface area contributed by atoms with Crippen molar-refractivity contribution < 1.29 is 13.2 Å². The topological polar surface area (TPSA) is 0 Å². The molecular weight excluding hydrogens is 393 g/mol. The molecule has 1 saturated carbocycles.